The third-order valence-corrected chi connectivity index (χ3v) is 4.73. The Morgan fingerprint density at radius 1 is 0.735 bits per heavy atom. The molecule has 3 N–H and O–H groups in total. The minimum Gasteiger partial charge on any atom is -0.490 e. The highest BCUT2D eigenvalue weighted by Crippen LogP contribution is 2.32. The highest BCUT2D eigenvalue weighted by Gasteiger charge is 2.17. The quantitative estimate of drug-likeness (QED) is 0.437. The highest BCUT2D eigenvalue weighted by molar-refractivity contribution is 6.09. The Kier molecular flexibility index (Phi) is 8.23. The lowest BCUT2D eigenvalue weighted by Gasteiger charge is -2.15. The maximum Gasteiger partial charge on any atom is 0.326 e. The summed E-state index contributed by atoms with van der Waals surface area (Å²) < 4.78 is 11.2. The van der Waals surface area contributed by atoms with Gasteiger partial charge in [0.15, 0.2) is 11.5 Å². The van der Waals surface area contributed by atoms with E-state index in [4.69, 9.17) is 9.47 Å². The highest BCUT2D eigenvalue weighted by atomic mass is 16.5. The zero-order valence-electron chi connectivity index (χ0n) is 19.3. The number of rotatable bonds is 8. The van der Waals surface area contributed by atoms with Gasteiger partial charge in [0.05, 0.1) is 13.2 Å². The van der Waals surface area contributed by atoms with E-state index in [1.54, 1.807) is 67.6 Å². The number of carbonyl (C=O) groups is 3. The monoisotopic (exact) mass is 461 g/mol. The number of hydrogen-bond donors (Lipinski definition) is 3. The summed E-state index contributed by atoms with van der Waals surface area (Å²) in [4.78, 5) is 37.4. The van der Waals surface area contributed by atoms with E-state index < -0.39 is 11.9 Å². The average molecular weight is 462 g/mol. The fourth-order valence-corrected chi connectivity index (χ4v) is 3.27. The number of benzene rings is 3. The lowest BCUT2D eigenvalue weighted by atomic mass is 10.1. The van der Waals surface area contributed by atoms with Crippen LogP contribution in [0.15, 0.2) is 66.7 Å². The summed E-state index contributed by atoms with van der Waals surface area (Å²) >= 11 is 0. The van der Waals surface area contributed by atoms with Gasteiger partial charge in [-0.15, -0.1) is 0 Å². The molecule has 0 aliphatic rings. The Morgan fingerprint density at radius 3 is 2.09 bits per heavy atom. The number of anilines is 2. The summed E-state index contributed by atoms with van der Waals surface area (Å²) in [6.07, 6.45) is 0. The second-order valence-corrected chi connectivity index (χ2v) is 7.30. The van der Waals surface area contributed by atoms with Crippen molar-refractivity contribution in [3.8, 4) is 11.5 Å². The molecule has 8 heteroatoms. The van der Waals surface area contributed by atoms with Gasteiger partial charge in [-0.25, -0.2) is 4.79 Å². The van der Waals surface area contributed by atoms with Crippen LogP contribution in [-0.2, 0) is 0 Å². The molecular formula is C26H27N3O5. The molecule has 0 aliphatic heterocycles. The molecule has 0 aliphatic carbocycles. The number of carbonyl (C=O) groups excluding carboxylic acids is 3. The van der Waals surface area contributed by atoms with Crippen LogP contribution in [0.25, 0.3) is 0 Å². The second kappa shape index (κ2) is 11.5. The van der Waals surface area contributed by atoms with Crippen molar-refractivity contribution in [3.05, 3.63) is 83.4 Å². The molecule has 3 aromatic carbocycles. The Hall–Kier alpha value is -4.33. The molecule has 3 aromatic rings. The largest absolute Gasteiger partial charge is 0.490 e. The summed E-state index contributed by atoms with van der Waals surface area (Å²) in [7, 11) is 0. The van der Waals surface area contributed by atoms with Crippen molar-refractivity contribution in [2.24, 2.45) is 0 Å². The van der Waals surface area contributed by atoms with E-state index >= 15 is 0 Å². The van der Waals surface area contributed by atoms with Crippen molar-refractivity contribution in [1.82, 2.24) is 5.32 Å². The van der Waals surface area contributed by atoms with Gasteiger partial charge in [-0.2, -0.15) is 0 Å². The van der Waals surface area contributed by atoms with E-state index in [1.807, 2.05) is 19.9 Å². The maximum atomic E-state index is 12.7. The number of urea groups is 1. The predicted octanol–water partition coefficient (Wildman–Crippen LogP) is 5.01. The molecule has 0 heterocycles. The van der Waals surface area contributed by atoms with E-state index in [0.717, 1.165) is 5.56 Å². The van der Waals surface area contributed by atoms with Crippen LogP contribution in [0.2, 0.25) is 0 Å². The first kappa shape index (κ1) is 24.3. The van der Waals surface area contributed by atoms with Gasteiger partial charge in [-0.05, 0) is 68.8 Å². The number of hydrogen-bond acceptors (Lipinski definition) is 5. The van der Waals surface area contributed by atoms with E-state index in [1.165, 1.54) is 0 Å². The number of amides is 4. The van der Waals surface area contributed by atoms with Gasteiger partial charge < -0.3 is 20.1 Å². The van der Waals surface area contributed by atoms with Crippen LogP contribution in [0, 0.1) is 6.92 Å². The molecule has 3 rings (SSSR count). The summed E-state index contributed by atoms with van der Waals surface area (Å²) in [5.41, 5.74) is 2.42. The number of ether oxygens (including phenoxy) is 2. The average Bonchev–Trinajstić information content (AvgIpc) is 2.82. The Labute approximate surface area is 198 Å². The number of aryl methyl sites for hydroxylation is 1. The molecule has 0 aromatic heterocycles. The second-order valence-electron chi connectivity index (χ2n) is 7.30. The van der Waals surface area contributed by atoms with Crippen LogP contribution in [0.4, 0.5) is 16.2 Å². The van der Waals surface area contributed by atoms with Crippen molar-refractivity contribution >= 4 is 29.2 Å². The molecule has 34 heavy (non-hydrogen) atoms. The lowest BCUT2D eigenvalue weighted by molar-refractivity contribution is 0.0965. The third-order valence-electron chi connectivity index (χ3n) is 4.73. The van der Waals surface area contributed by atoms with Gasteiger partial charge in [-0.3, -0.25) is 14.9 Å². The van der Waals surface area contributed by atoms with E-state index in [2.05, 4.69) is 16.0 Å². The van der Waals surface area contributed by atoms with Crippen molar-refractivity contribution in [2.45, 2.75) is 20.8 Å². The molecule has 176 valence electrons. The van der Waals surface area contributed by atoms with Crippen molar-refractivity contribution in [3.63, 3.8) is 0 Å². The standard InChI is InChI=1S/C26H27N3O5/c1-4-33-22-15-19(14-17(3)23(22)34-5-2)25(31)29-26(32)28-21-13-9-12-20(16-21)27-24(30)18-10-7-6-8-11-18/h6-16H,4-5H2,1-3H3,(H,27,30)(H2,28,29,31,32). The van der Waals surface area contributed by atoms with Gasteiger partial charge in [0.2, 0.25) is 0 Å². The number of imide groups is 1. The van der Waals surface area contributed by atoms with Gasteiger partial charge >= 0.3 is 6.03 Å². The molecule has 0 unspecified atom stereocenters. The lowest BCUT2D eigenvalue weighted by Crippen LogP contribution is -2.34. The minimum absolute atomic E-state index is 0.267. The van der Waals surface area contributed by atoms with E-state index in [9.17, 15) is 14.4 Å². The summed E-state index contributed by atoms with van der Waals surface area (Å²) in [6.45, 7) is 6.37. The number of nitrogens with one attached hydrogen (secondary N) is 3. The van der Waals surface area contributed by atoms with Crippen molar-refractivity contribution in [1.29, 1.82) is 0 Å². The maximum absolute atomic E-state index is 12.7. The summed E-state index contributed by atoms with van der Waals surface area (Å²) in [5, 5.41) is 7.69. The first-order valence-corrected chi connectivity index (χ1v) is 10.9. The molecule has 0 fully saturated rings. The fraction of sp³-hybridized carbons (Fsp3) is 0.192. The zero-order chi connectivity index (χ0) is 24.5. The minimum atomic E-state index is -0.707. The Morgan fingerprint density at radius 2 is 1.41 bits per heavy atom. The van der Waals surface area contributed by atoms with Gasteiger partial charge in [0.1, 0.15) is 0 Å². The van der Waals surface area contributed by atoms with E-state index in [0.29, 0.717) is 41.7 Å². The molecular weight excluding hydrogens is 434 g/mol. The fourth-order valence-electron chi connectivity index (χ4n) is 3.27. The van der Waals surface area contributed by atoms with Crippen molar-refractivity contribution < 1.29 is 23.9 Å². The van der Waals surface area contributed by atoms with E-state index in [-0.39, 0.29) is 11.5 Å². The topological polar surface area (TPSA) is 106 Å². The Balaban J connectivity index is 1.66. The molecule has 4 amide bonds. The smallest absolute Gasteiger partial charge is 0.326 e. The molecule has 0 saturated carbocycles. The van der Waals surface area contributed by atoms with Crippen LogP contribution in [0.3, 0.4) is 0 Å². The van der Waals surface area contributed by atoms with Crippen LogP contribution in [0.1, 0.15) is 40.1 Å². The molecule has 0 saturated heterocycles. The molecule has 8 nitrogen and oxygen atoms in total. The zero-order valence-corrected chi connectivity index (χ0v) is 19.3. The molecule has 0 atom stereocenters. The SMILES string of the molecule is CCOc1cc(C(=O)NC(=O)Nc2cccc(NC(=O)c3ccccc3)c2)cc(C)c1OCC. The van der Waals surface area contributed by atoms with Crippen LogP contribution >= 0.6 is 0 Å². The first-order valence-electron chi connectivity index (χ1n) is 10.9. The molecule has 0 spiro atoms. The van der Waals surface area contributed by atoms with Gasteiger partial charge in [0, 0.05) is 22.5 Å². The summed E-state index contributed by atoms with van der Waals surface area (Å²) in [6, 6.07) is 17.9. The molecule has 0 radical (unpaired) electrons. The first-order chi connectivity index (χ1) is 16.4. The van der Waals surface area contributed by atoms with Crippen LogP contribution in [-0.4, -0.2) is 31.1 Å². The van der Waals surface area contributed by atoms with Crippen molar-refractivity contribution in [2.75, 3.05) is 23.8 Å². The van der Waals surface area contributed by atoms with Crippen LogP contribution < -0.4 is 25.4 Å². The van der Waals surface area contributed by atoms with Gasteiger partial charge in [0.25, 0.3) is 11.8 Å². The summed E-state index contributed by atoms with van der Waals surface area (Å²) in [5.74, 6) is 0.156. The van der Waals surface area contributed by atoms with Gasteiger partial charge in [-0.1, -0.05) is 24.3 Å². The normalized spacial score (nSPS) is 10.2. The Bertz CT molecular complexity index is 1180. The van der Waals surface area contributed by atoms with Crippen LogP contribution in [0.5, 0.6) is 11.5 Å². The predicted molar refractivity (Wildman–Crippen MR) is 131 cm³/mol. The molecule has 0 bridgehead atoms. The third kappa shape index (κ3) is 6.35.